The van der Waals surface area contributed by atoms with Crippen molar-refractivity contribution in [2.24, 2.45) is 11.7 Å². The van der Waals surface area contributed by atoms with Crippen LogP contribution in [0.5, 0.6) is 0 Å². The van der Waals surface area contributed by atoms with E-state index in [-0.39, 0.29) is 17.9 Å². The Kier molecular flexibility index (Phi) is 4.40. The second kappa shape index (κ2) is 5.85. The highest BCUT2D eigenvalue weighted by molar-refractivity contribution is 9.10. The first-order valence-electron chi connectivity index (χ1n) is 6.39. The van der Waals surface area contributed by atoms with Crippen LogP contribution in [-0.2, 0) is 4.79 Å². The number of hydrogen-bond acceptors (Lipinski definition) is 2. The molecule has 3 nitrogen and oxygen atoms in total. The summed E-state index contributed by atoms with van der Waals surface area (Å²) >= 11 is 3.47. The van der Waals surface area contributed by atoms with E-state index in [0.717, 1.165) is 41.4 Å². The number of rotatable bonds is 2. The average molecular weight is 311 g/mol. The molecule has 18 heavy (non-hydrogen) atoms. The summed E-state index contributed by atoms with van der Waals surface area (Å²) in [7, 11) is 0. The Labute approximate surface area is 116 Å². The quantitative estimate of drug-likeness (QED) is 0.881. The van der Waals surface area contributed by atoms with Gasteiger partial charge in [0, 0.05) is 22.1 Å². The molecule has 0 aromatic heterocycles. The fourth-order valence-corrected chi connectivity index (χ4v) is 2.81. The van der Waals surface area contributed by atoms with Crippen LogP contribution >= 0.6 is 15.9 Å². The largest absolute Gasteiger partial charge is 0.328 e. The highest BCUT2D eigenvalue weighted by Gasteiger charge is 2.25. The van der Waals surface area contributed by atoms with Crippen LogP contribution in [0.2, 0.25) is 0 Å². The van der Waals surface area contributed by atoms with Crippen molar-refractivity contribution < 1.29 is 4.79 Å². The lowest BCUT2D eigenvalue weighted by molar-refractivity contribution is -0.120. The van der Waals surface area contributed by atoms with Crippen LogP contribution in [0, 0.1) is 12.8 Å². The van der Waals surface area contributed by atoms with E-state index in [4.69, 9.17) is 5.73 Å². The summed E-state index contributed by atoms with van der Waals surface area (Å²) in [5, 5.41) is 3.02. The van der Waals surface area contributed by atoms with Crippen molar-refractivity contribution in [3.05, 3.63) is 28.2 Å². The maximum atomic E-state index is 12.2. The number of halogens is 1. The van der Waals surface area contributed by atoms with Crippen molar-refractivity contribution in [2.75, 3.05) is 5.32 Å². The molecule has 0 heterocycles. The molecule has 1 aliphatic carbocycles. The molecular formula is C14H19BrN2O. The number of amides is 1. The van der Waals surface area contributed by atoms with Crippen molar-refractivity contribution in [3.8, 4) is 0 Å². The lowest BCUT2D eigenvalue weighted by Gasteiger charge is -2.26. The molecule has 98 valence electrons. The summed E-state index contributed by atoms with van der Waals surface area (Å²) in [5.41, 5.74) is 7.87. The van der Waals surface area contributed by atoms with Gasteiger partial charge in [-0.2, -0.15) is 0 Å². The van der Waals surface area contributed by atoms with E-state index < -0.39 is 0 Å². The molecular weight excluding hydrogens is 292 g/mol. The molecule has 2 unspecified atom stereocenters. The Morgan fingerprint density at radius 3 is 2.94 bits per heavy atom. The fraction of sp³-hybridized carbons (Fsp3) is 0.500. The van der Waals surface area contributed by atoms with Crippen LogP contribution in [0.25, 0.3) is 0 Å². The van der Waals surface area contributed by atoms with Gasteiger partial charge in [-0.05, 0) is 43.9 Å². The number of anilines is 1. The average Bonchev–Trinajstić information content (AvgIpc) is 2.35. The lowest BCUT2D eigenvalue weighted by atomic mass is 9.85. The molecule has 0 spiro atoms. The van der Waals surface area contributed by atoms with E-state index in [1.165, 1.54) is 0 Å². The Balaban J connectivity index is 2.04. The molecule has 2 rings (SSSR count). The molecule has 0 aliphatic heterocycles. The number of hydrogen-bond donors (Lipinski definition) is 2. The smallest absolute Gasteiger partial charge is 0.227 e. The van der Waals surface area contributed by atoms with Gasteiger partial charge in [-0.15, -0.1) is 0 Å². The van der Waals surface area contributed by atoms with Gasteiger partial charge in [0.2, 0.25) is 5.91 Å². The van der Waals surface area contributed by atoms with E-state index in [9.17, 15) is 4.79 Å². The van der Waals surface area contributed by atoms with Crippen LogP contribution < -0.4 is 11.1 Å². The van der Waals surface area contributed by atoms with Crippen molar-refractivity contribution >= 4 is 27.5 Å². The summed E-state index contributed by atoms with van der Waals surface area (Å²) in [6.07, 6.45) is 3.85. The maximum Gasteiger partial charge on any atom is 0.227 e. The van der Waals surface area contributed by atoms with Crippen molar-refractivity contribution in [1.82, 2.24) is 0 Å². The van der Waals surface area contributed by atoms with Crippen molar-refractivity contribution in [2.45, 2.75) is 38.6 Å². The minimum atomic E-state index is 0.0622. The lowest BCUT2D eigenvalue weighted by Crippen LogP contribution is -2.34. The number of nitrogens with one attached hydrogen (secondary N) is 1. The second-order valence-electron chi connectivity index (χ2n) is 5.03. The summed E-state index contributed by atoms with van der Waals surface area (Å²) in [5.74, 6) is 0.165. The SMILES string of the molecule is Cc1c(Br)cccc1NC(=O)C1CCCC(N)C1. The Hall–Kier alpha value is -0.870. The van der Waals surface area contributed by atoms with Crippen LogP contribution in [0.1, 0.15) is 31.2 Å². The number of benzene rings is 1. The summed E-state index contributed by atoms with van der Waals surface area (Å²) < 4.78 is 1.01. The molecule has 1 aromatic carbocycles. The van der Waals surface area contributed by atoms with Crippen LogP contribution in [0.4, 0.5) is 5.69 Å². The van der Waals surface area contributed by atoms with Gasteiger partial charge in [-0.1, -0.05) is 28.4 Å². The fourth-order valence-electron chi connectivity index (χ4n) is 2.44. The van der Waals surface area contributed by atoms with E-state index in [0.29, 0.717) is 0 Å². The molecule has 4 heteroatoms. The molecule has 1 aromatic rings. The molecule has 2 atom stereocenters. The van der Waals surface area contributed by atoms with Gasteiger partial charge in [-0.25, -0.2) is 0 Å². The van der Waals surface area contributed by atoms with Gasteiger partial charge in [0.05, 0.1) is 0 Å². The third-order valence-electron chi connectivity index (χ3n) is 3.61. The Morgan fingerprint density at radius 2 is 2.22 bits per heavy atom. The highest BCUT2D eigenvalue weighted by atomic mass is 79.9. The summed E-state index contributed by atoms with van der Waals surface area (Å²) in [6, 6.07) is 6.01. The van der Waals surface area contributed by atoms with E-state index in [1.807, 2.05) is 25.1 Å². The van der Waals surface area contributed by atoms with Gasteiger partial charge in [0.15, 0.2) is 0 Å². The molecule has 3 N–H and O–H groups in total. The van der Waals surface area contributed by atoms with Crippen molar-refractivity contribution in [1.29, 1.82) is 0 Å². The van der Waals surface area contributed by atoms with Gasteiger partial charge >= 0.3 is 0 Å². The first kappa shape index (κ1) is 13.6. The molecule has 0 radical (unpaired) electrons. The first-order chi connectivity index (χ1) is 8.58. The van der Waals surface area contributed by atoms with E-state index in [1.54, 1.807) is 0 Å². The maximum absolute atomic E-state index is 12.2. The molecule has 1 aliphatic rings. The van der Waals surface area contributed by atoms with Crippen LogP contribution in [-0.4, -0.2) is 11.9 Å². The Bertz CT molecular complexity index is 447. The molecule has 1 amide bonds. The minimum Gasteiger partial charge on any atom is -0.328 e. The van der Waals surface area contributed by atoms with Crippen molar-refractivity contribution in [3.63, 3.8) is 0 Å². The predicted octanol–water partition coefficient (Wildman–Crippen LogP) is 3.21. The third kappa shape index (κ3) is 3.12. The third-order valence-corrected chi connectivity index (χ3v) is 4.47. The Morgan fingerprint density at radius 1 is 1.44 bits per heavy atom. The first-order valence-corrected chi connectivity index (χ1v) is 7.19. The topological polar surface area (TPSA) is 55.1 Å². The van der Waals surface area contributed by atoms with Crippen LogP contribution in [0.3, 0.4) is 0 Å². The van der Waals surface area contributed by atoms with Gasteiger partial charge in [-0.3, -0.25) is 4.79 Å². The monoisotopic (exact) mass is 310 g/mol. The van der Waals surface area contributed by atoms with Crippen LogP contribution in [0.15, 0.2) is 22.7 Å². The minimum absolute atomic E-state index is 0.0622. The highest BCUT2D eigenvalue weighted by Crippen LogP contribution is 2.27. The summed E-state index contributed by atoms with van der Waals surface area (Å²) in [6.45, 7) is 1.99. The van der Waals surface area contributed by atoms with E-state index >= 15 is 0 Å². The molecule has 1 fully saturated rings. The molecule has 0 saturated heterocycles. The summed E-state index contributed by atoms with van der Waals surface area (Å²) in [4.78, 5) is 12.2. The van der Waals surface area contributed by atoms with Gasteiger partial charge < -0.3 is 11.1 Å². The number of carbonyl (C=O) groups excluding carboxylic acids is 1. The number of carbonyl (C=O) groups is 1. The number of nitrogens with two attached hydrogens (primary N) is 1. The zero-order valence-corrected chi connectivity index (χ0v) is 12.2. The normalized spacial score (nSPS) is 23.7. The standard InChI is InChI=1S/C14H19BrN2O/c1-9-12(15)6-3-7-13(9)17-14(18)10-4-2-5-11(16)8-10/h3,6-7,10-11H,2,4-5,8,16H2,1H3,(H,17,18). The zero-order valence-electron chi connectivity index (χ0n) is 10.6. The van der Waals surface area contributed by atoms with Gasteiger partial charge in [0.1, 0.15) is 0 Å². The van der Waals surface area contributed by atoms with E-state index in [2.05, 4.69) is 21.2 Å². The zero-order chi connectivity index (χ0) is 13.1. The second-order valence-corrected chi connectivity index (χ2v) is 5.88. The molecule has 0 bridgehead atoms. The molecule has 1 saturated carbocycles. The van der Waals surface area contributed by atoms with Gasteiger partial charge in [0.25, 0.3) is 0 Å². The predicted molar refractivity (Wildman–Crippen MR) is 77.4 cm³/mol.